The lowest BCUT2D eigenvalue weighted by atomic mass is 9.86. The van der Waals surface area contributed by atoms with E-state index < -0.39 is 16.1 Å². The van der Waals surface area contributed by atoms with Gasteiger partial charge in [0.1, 0.15) is 0 Å². The van der Waals surface area contributed by atoms with E-state index in [1.807, 2.05) is 19.1 Å². The molecular formula is C23H32N4O5S2. The van der Waals surface area contributed by atoms with Crippen LogP contribution in [0, 0.1) is 0 Å². The molecule has 3 N–H and O–H groups in total. The minimum Gasteiger partial charge on any atom is -0.453 e. The first-order valence-electron chi connectivity index (χ1n) is 11.5. The van der Waals surface area contributed by atoms with Crippen LogP contribution >= 0.6 is 11.3 Å². The molecule has 0 spiro atoms. The number of carbonyl (C=O) groups is 1. The number of anilines is 1. The van der Waals surface area contributed by atoms with Crippen LogP contribution in [0.15, 0.2) is 29.3 Å². The summed E-state index contributed by atoms with van der Waals surface area (Å²) in [5.41, 5.74) is 1.19. The van der Waals surface area contributed by atoms with Gasteiger partial charge in [0.05, 0.1) is 40.6 Å². The third-order valence-electron chi connectivity index (χ3n) is 6.27. The van der Waals surface area contributed by atoms with E-state index in [0.717, 1.165) is 41.3 Å². The first kappa shape index (κ1) is 24.9. The number of hydrogen-bond acceptors (Lipinski definition) is 8. The maximum absolute atomic E-state index is 13.1. The largest absolute Gasteiger partial charge is 0.453 e. The summed E-state index contributed by atoms with van der Waals surface area (Å²) in [7, 11) is -2.32. The Bertz CT molecular complexity index is 1120. The van der Waals surface area contributed by atoms with Gasteiger partial charge in [-0.05, 0) is 44.7 Å². The predicted octanol–water partition coefficient (Wildman–Crippen LogP) is 3.69. The molecule has 2 fully saturated rings. The number of nitrogens with one attached hydrogen (secondary N) is 3. The van der Waals surface area contributed by atoms with Crippen LogP contribution in [0.4, 0.5) is 10.5 Å². The molecule has 2 aliphatic rings. The summed E-state index contributed by atoms with van der Waals surface area (Å²) in [4.78, 5) is 17.2. The van der Waals surface area contributed by atoms with Crippen LogP contribution in [-0.4, -0.2) is 57.9 Å². The van der Waals surface area contributed by atoms with Crippen molar-refractivity contribution in [2.75, 3.05) is 32.2 Å². The van der Waals surface area contributed by atoms with Crippen LogP contribution in [0.2, 0.25) is 0 Å². The first-order chi connectivity index (χ1) is 16.2. The molecule has 0 atom stereocenters. The van der Waals surface area contributed by atoms with E-state index in [0.29, 0.717) is 31.2 Å². The molecule has 34 heavy (non-hydrogen) atoms. The highest BCUT2D eigenvalue weighted by Gasteiger charge is 2.34. The van der Waals surface area contributed by atoms with Crippen LogP contribution in [0.3, 0.4) is 0 Å². The summed E-state index contributed by atoms with van der Waals surface area (Å²) >= 11 is 1.54. The van der Waals surface area contributed by atoms with Gasteiger partial charge in [-0.2, -0.15) is 0 Å². The summed E-state index contributed by atoms with van der Waals surface area (Å²) in [5.74, 6) is 0.294. The highest BCUT2D eigenvalue weighted by atomic mass is 32.2. The molecule has 186 valence electrons. The van der Waals surface area contributed by atoms with Crippen LogP contribution < -0.4 is 15.4 Å². The Morgan fingerprint density at radius 2 is 2.00 bits per heavy atom. The summed E-state index contributed by atoms with van der Waals surface area (Å²) in [6, 6.07) is 5.57. The zero-order valence-corrected chi connectivity index (χ0v) is 21.4. The topological polar surface area (TPSA) is 119 Å². The van der Waals surface area contributed by atoms with Crippen molar-refractivity contribution >= 4 is 33.1 Å². The molecule has 0 bridgehead atoms. The molecule has 11 heteroatoms. The second-order valence-corrected chi connectivity index (χ2v) is 11.9. The van der Waals surface area contributed by atoms with Crippen LogP contribution in [-0.2, 0) is 19.5 Å². The molecule has 0 unspecified atom stereocenters. The van der Waals surface area contributed by atoms with E-state index in [9.17, 15) is 13.2 Å². The lowest BCUT2D eigenvalue weighted by Crippen LogP contribution is -2.53. The van der Waals surface area contributed by atoms with E-state index >= 15 is 0 Å². The number of carbonyl (C=O) groups excluding carboxylic acids is 1. The lowest BCUT2D eigenvalue weighted by molar-refractivity contribution is -0.0318. The van der Waals surface area contributed by atoms with Gasteiger partial charge in [-0.15, -0.1) is 11.3 Å². The molecule has 1 aliphatic heterocycles. The Balaban J connectivity index is 1.55. The molecule has 9 nitrogen and oxygen atoms in total. The van der Waals surface area contributed by atoms with Crippen molar-refractivity contribution < 1.29 is 22.7 Å². The fourth-order valence-corrected chi connectivity index (χ4v) is 6.91. The van der Waals surface area contributed by atoms with Gasteiger partial charge in [-0.25, -0.2) is 22.9 Å². The fourth-order valence-electron chi connectivity index (χ4n) is 4.43. The summed E-state index contributed by atoms with van der Waals surface area (Å²) in [6.45, 7) is 5.29. The maximum Gasteiger partial charge on any atom is 0.407 e. The minimum absolute atomic E-state index is 0.114. The Hall–Kier alpha value is -2.21. The minimum atomic E-state index is -3.69. The molecular weight excluding hydrogens is 476 g/mol. The van der Waals surface area contributed by atoms with Crippen LogP contribution in [0.5, 0.6) is 0 Å². The summed E-state index contributed by atoms with van der Waals surface area (Å²) < 4.78 is 38.7. The van der Waals surface area contributed by atoms with Crippen molar-refractivity contribution in [3.8, 4) is 10.4 Å². The van der Waals surface area contributed by atoms with Gasteiger partial charge in [0.15, 0.2) is 0 Å². The Kier molecular flexibility index (Phi) is 7.46. The number of aromatic nitrogens is 1. The molecule has 1 aromatic heterocycles. The number of ether oxygens (including phenoxy) is 2. The normalized spacial score (nSPS) is 22.0. The molecule has 2 heterocycles. The third-order valence-corrected chi connectivity index (χ3v) is 9.04. The van der Waals surface area contributed by atoms with E-state index in [1.54, 1.807) is 19.2 Å². The number of alkyl carbamates (subject to hydrolysis) is 1. The number of benzene rings is 1. The average Bonchev–Trinajstić information content (AvgIpc) is 3.28. The number of amides is 1. The van der Waals surface area contributed by atoms with Gasteiger partial charge in [-0.3, -0.25) is 0 Å². The molecule has 1 aromatic carbocycles. The van der Waals surface area contributed by atoms with E-state index in [4.69, 9.17) is 9.47 Å². The standard InChI is InChI=1S/C23H32N4O5S2/c1-4-25-34(29,30)20-11-17(27-23(2)13-32-14-23)9-10-18(20)19-12-24-21(33-19)15-5-7-16(8-6-15)26-22(28)31-3/h9-12,15-16,25,27H,4-8,13-14H2,1-3H3,(H,26,28)/t15-,16-. The van der Waals surface area contributed by atoms with Crippen molar-refractivity contribution in [1.29, 1.82) is 0 Å². The van der Waals surface area contributed by atoms with Gasteiger partial charge in [0.2, 0.25) is 10.0 Å². The zero-order valence-electron chi connectivity index (χ0n) is 19.7. The smallest absolute Gasteiger partial charge is 0.407 e. The third kappa shape index (κ3) is 5.54. The lowest BCUT2D eigenvalue weighted by Gasteiger charge is -2.39. The second-order valence-electron chi connectivity index (χ2n) is 9.14. The number of rotatable bonds is 8. The number of sulfonamides is 1. The number of nitrogens with zero attached hydrogens (tertiary/aromatic N) is 1. The van der Waals surface area contributed by atoms with Gasteiger partial charge in [0, 0.05) is 36.0 Å². The molecule has 1 amide bonds. The van der Waals surface area contributed by atoms with Gasteiger partial charge < -0.3 is 20.1 Å². The number of methoxy groups -OCH3 is 1. The Morgan fingerprint density at radius 3 is 2.62 bits per heavy atom. The molecule has 1 aliphatic carbocycles. The Morgan fingerprint density at radius 1 is 1.26 bits per heavy atom. The molecule has 1 saturated heterocycles. The average molecular weight is 509 g/mol. The van der Waals surface area contributed by atoms with E-state index in [-0.39, 0.29) is 16.5 Å². The highest BCUT2D eigenvalue weighted by molar-refractivity contribution is 7.89. The second kappa shape index (κ2) is 10.2. The van der Waals surface area contributed by atoms with Gasteiger partial charge in [0.25, 0.3) is 0 Å². The van der Waals surface area contributed by atoms with E-state index in [1.165, 1.54) is 18.4 Å². The van der Waals surface area contributed by atoms with Crippen LogP contribution in [0.25, 0.3) is 10.4 Å². The van der Waals surface area contributed by atoms with Crippen molar-refractivity contribution in [1.82, 2.24) is 15.0 Å². The SMILES string of the molecule is CCNS(=O)(=O)c1cc(NC2(C)COC2)ccc1-c1cnc([C@H]2CC[C@H](NC(=O)OC)CC2)s1. The quantitative estimate of drug-likeness (QED) is 0.498. The summed E-state index contributed by atoms with van der Waals surface area (Å²) in [5, 5.41) is 7.27. The first-order valence-corrected chi connectivity index (χ1v) is 13.8. The zero-order chi connectivity index (χ0) is 24.3. The fraction of sp³-hybridized carbons (Fsp3) is 0.565. The molecule has 2 aromatic rings. The Labute approximate surface area is 204 Å². The van der Waals surface area contributed by atoms with Crippen molar-refractivity contribution in [3.63, 3.8) is 0 Å². The summed E-state index contributed by atoms with van der Waals surface area (Å²) in [6.07, 6.45) is 4.91. The molecule has 1 saturated carbocycles. The highest BCUT2D eigenvalue weighted by Crippen LogP contribution is 2.40. The predicted molar refractivity (Wildman–Crippen MR) is 132 cm³/mol. The molecule has 4 rings (SSSR count). The number of hydrogen-bond donors (Lipinski definition) is 3. The van der Waals surface area contributed by atoms with Crippen molar-refractivity contribution in [2.24, 2.45) is 0 Å². The van der Waals surface area contributed by atoms with Crippen LogP contribution in [0.1, 0.15) is 50.5 Å². The monoisotopic (exact) mass is 508 g/mol. The van der Waals surface area contributed by atoms with Crippen molar-refractivity contribution in [3.05, 3.63) is 29.4 Å². The number of thiazole rings is 1. The maximum atomic E-state index is 13.1. The van der Waals surface area contributed by atoms with Gasteiger partial charge in [-0.1, -0.05) is 13.0 Å². The van der Waals surface area contributed by atoms with Gasteiger partial charge >= 0.3 is 6.09 Å². The van der Waals surface area contributed by atoms with E-state index in [2.05, 4.69) is 20.3 Å². The molecule has 0 radical (unpaired) electrons. The van der Waals surface area contributed by atoms with Crippen molar-refractivity contribution in [2.45, 2.75) is 61.9 Å².